The average molecular weight is 266 g/mol. The van der Waals surface area contributed by atoms with Gasteiger partial charge in [-0.05, 0) is 19.4 Å². The van der Waals surface area contributed by atoms with E-state index in [0.29, 0.717) is 12.4 Å². The van der Waals surface area contributed by atoms with Crippen LogP contribution in [0.3, 0.4) is 0 Å². The Hall–Kier alpha value is -1.29. The van der Waals surface area contributed by atoms with Crippen LogP contribution in [0.25, 0.3) is 0 Å². The van der Waals surface area contributed by atoms with Gasteiger partial charge >= 0.3 is 5.97 Å². The van der Waals surface area contributed by atoms with Crippen LogP contribution in [0.1, 0.15) is 24.5 Å². The Labute approximate surface area is 112 Å². The number of carbonyl (C=O) groups is 2. The SMILES string of the molecule is CCOC(=O)CC(=O)CSCc1cccc(C)c1. The minimum Gasteiger partial charge on any atom is -0.466 e. The molecule has 98 valence electrons. The monoisotopic (exact) mass is 266 g/mol. The Balaban J connectivity index is 2.25. The zero-order chi connectivity index (χ0) is 13.4. The van der Waals surface area contributed by atoms with Crippen molar-refractivity contribution in [2.45, 2.75) is 26.0 Å². The van der Waals surface area contributed by atoms with E-state index in [-0.39, 0.29) is 12.2 Å². The second-order valence-electron chi connectivity index (χ2n) is 4.00. The largest absolute Gasteiger partial charge is 0.466 e. The molecule has 4 heteroatoms. The maximum atomic E-state index is 11.5. The Kier molecular flexibility index (Phi) is 6.50. The molecule has 0 atom stereocenters. The second kappa shape index (κ2) is 7.93. The van der Waals surface area contributed by atoms with Crippen molar-refractivity contribution >= 4 is 23.5 Å². The lowest BCUT2D eigenvalue weighted by Gasteiger charge is -2.03. The molecule has 0 aliphatic rings. The van der Waals surface area contributed by atoms with Gasteiger partial charge in [-0.25, -0.2) is 0 Å². The number of hydrogen-bond donors (Lipinski definition) is 0. The summed E-state index contributed by atoms with van der Waals surface area (Å²) in [4.78, 5) is 22.5. The third-order valence-electron chi connectivity index (χ3n) is 2.26. The maximum absolute atomic E-state index is 11.5. The highest BCUT2D eigenvalue weighted by atomic mass is 32.2. The molecule has 0 amide bonds. The average Bonchev–Trinajstić information content (AvgIpc) is 2.29. The van der Waals surface area contributed by atoms with Crippen molar-refractivity contribution in [1.29, 1.82) is 0 Å². The molecule has 0 radical (unpaired) electrons. The highest BCUT2D eigenvalue weighted by Gasteiger charge is 2.10. The van der Waals surface area contributed by atoms with Crippen LogP contribution in [0.2, 0.25) is 0 Å². The number of thioether (sulfide) groups is 1. The molecule has 0 heterocycles. The Morgan fingerprint density at radius 2 is 2.11 bits per heavy atom. The third kappa shape index (κ3) is 5.87. The molecule has 0 aromatic heterocycles. The summed E-state index contributed by atoms with van der Waals surface area (Å²) in [6.45, 7) is 4.09. The Morgan fingerprint density at radius 1 is 1.33 bits per heavy atom. The van der Waals surface area contributed by atoms with Gasteiger partial charge in [-0.3, -0.25) is 9.59 Å². The van der Waals surface area contributed by atoms with Crippen molar-refractivity contribution in [3.8, 4) is 0 Å². The fourth-order valence-corrected chi connectivity index (χ4v) is 2.36. The molecule has 1 aromatic carbocycles. The molecule has 1 rings (SSSR count). The van der Waals surface area contributed by atoms with Crippen molar-refractivity contribution in [1.82, 2.24) is 0 Å². The van der Waals surface area contributed by atoms with E-state index >= 15 is 0 Å². The van der Waals surface area contributed by atoms with Gasteiger partial charge in [-0.2, -0.15) is 0 Å². The number of carbonyl (C=O) groups excluding carboxylic acids is 2. The molecule has 0 aliphatic heterocycles. The standard InChI is InChI=1S/C14H18O3S/c1-3-17-14(16)8-13(15)10-18-9-12-6-4-5-11(2)7-12/h4-7H,3,8-10H2,1-2H3. The van der Waals surface area contributed by atoms with Crippen LogP contribution in [-0.2, 0) is 20.1 Å². The van der Waals surface area contributed by atoms with Crippen LogP contribution < -0.4 is 0 Å². The van der Waals surface area contributed by atoms with Crippen LogP contribution >= 0.6 is 11.8 Å². The number of rotatable bonds is 7. The van der Waals surface area contributed by atoms with Crippen molar-refractivity contribution in [3.05, 3.63) is 35.4 Å². The first-order valence-electron chi connectivity index (χ1n) is 5.92. The smallest absolute Gasteiger partial charge is 0.313 e. The summed E-state index contributed by atoms with van der Waals surface area (Å²) in [5.41, 5.74) is 2.41. The molecule has 0 bridgehead atoms. The van der Waals surface area contributed by atoms with Crippen LogP contribution in [0.15, 0.2) is 24.3 Å². The summed E-state index contributed by atoms with van der Waals surface area (Å²) >= 11 is 1.53. The van der Waals surface area contributed by atoms with Crippen molar-refractivity contribution in [2.24, 2.45) is 0 Å². The molecule has 0 aliphatic carbocycles. The Morgan fingerprint density at radius 3 is 2.78 bits per heavy atom. The molecule has 0 saturated carbocycles. The lowest BCUT2D eigenvalue weighted by molar-refractivity contribution is -0.145. The highest BCUT2D eigenvalue weighted by Crippen LogP contribution is 2.14. The number of aryl methyl sites for hydroxylation is 1. The fourth-order valence-electron chi connectivity index (χ4n) is 1.51. The van der Waals surface area contributed by atoms with E-state index in [2.05, 4.69) is 6.07 Å². The van der Waals surface area contributed by atoms with Gasteiger partial charge in [0, 0.05) is 5.75 Å². The summed E-state index contributed by atoms with van der Waals surface area (Å²) in [6.07, 6.45) is -0.116. The first-order valence-corrected chi connectivity index (χ1v) is 7.08. The summed E-state index contributed by atoms with van der Waals surface area (Å²) in [5, 5.41) is 0. The van der Waals surface area contributed by atoms with Crippen molar-refractivity contribution in [2.75, 3.05) is 12.4 Å². The minimum atomic E-state index is -0.432. The van der Waals surface area contributed by atoms with Gasteiger partial charge in [0.05, 0.1) is 12.4 Å². The summed E-state index contributed by atoms with van der Waals surface area (Å²) in [5.74, 6) is 0.632. The lowest BCUT2D eigenvalue weighted by Crippen LogP contribution is -2.12. The lowest BCUT2D eigenvalue weighted by atomic mass is 10.2. The van der Waals surface area contributed by atoms with Gasteiger partial charge in [-0.15, -0.1) is 11.8 Å². The first-order chi connectivity index (χ1) is 8.61. The van der Waals surface area contributed by atoms with E-state index in [1.165, 1.54) is 22.9 Å². The summed E-state index contributed by atoms with van der Waals surface area (Å²) in [6, 6.07) is 8.18. The number of hydrogen-bond acceptors (Lipinski definition) is 4. The van der Waals surface area contributed by atoms with Crippen LogP contribution in [0, 0.1) is 6.92 Å². The molecule has 0 spiro atoms. The maximum Gasteiger partial charge on any atom is 0.313 e. The number of esters is 1. The topological polar surface area (TPSA) is 43.4 Å². The van der Waals surface area contributed by atoms with Crippen LogP contribution in [0.4, 0.5) is 0 Å². The summed E-state index contributed by atoms with van der Waals surface area (Å²) in [7, 11) is 0. The zero-order valence-electron chi connectivity index (χ0n) is 10.8. The van der Waals surface area contributed by atoms with Crippen molar-refractivity contribution in [3.63, 3.8) is 0 Å². The quantitative estimate of drug-likeness (QED) is 0.562. The van der Waals surface area contributed by atoms with E-state index in [0.717, 1.165) is 5.75 Å². The molecule has 0 N–H and O–H groups in total. The second-order valence-corrected chi connectivity index (χ2v) is 4.99. The molecule has 0 unspecified atom stereocenters. The van der Waals surface area contributed by atoms with Gasteiger partial charge in [-0.1, -0.05) is 29.8 Å². The van der Waals surface area contributed by atoms with Gasteiger partial charge < -0.3 is 4.74 Å². The predicted molar refractivity (Wildman–Crippen MR) is 73.6 cm³/mol. The Bertz CT molecular complexity index is 415. The molecule has 1 aromatic rings. The molecule has 0 saturated heterocycles. The molecule has 0 fully saturated rings. The first kappa shape index (κ1) is 14.8. The normalized spacial score (nSPS) is 10.1. The van der Waals surface area contributed by atoms with Crippen LogP contribution in [0.5, 0.6) is 0 Å². The van der Waals surface area contributed by atoms with E-state index < -0.39 is 5.97 Å². The highest BCUT2D eigenvalue weighted by molar-refractivity contribution is 7.99. The van der Waals surface area contributed by atoms with E-state index in [1.807, 2.05) is 25.1 Å². The van der Waals surface area contributed by atoms with E-state index in [1.54, 1.807) is 6.92 Å². The minimum absolute atomic E-state index is 0.0777. The van der Waals surface area contributed by atoms with Gasteiger partial charge in [0.25, 0.3) is 0 Å². The third-order valence-corrected chi connectivity index (χ3v) is 3.32. The molecular weight excluding hydrogens is 248 g/mol. The number of ketones is 1. The molecule has 3 nitrogen and oxygen atoms in total. The van der Waals surface area contributed by atoms with Crippen molar-refractivity contribution < 1.29 is 14.3 Å². The zero-order valence-corrected chi connectivity index (χ0v) is 11.6. The van der Waals surface area contributed by atoms with E-state index in [9.17, 15) is 9.59 Å². The fraction of sp³-hybridized carbons (Fsp3) is 0.429. The van der Waals surface area contributed by atoms with Gasteiger partial charge in [0.15, 0.2) is 5.78 Å². The van der Waals surface area contributed by atoms with E-state index in [4.69, 9.17) is 4.74 Å². The van der Waals surface area contributed by atoms with Gasteiger partial charge in [0.2, 0.25) is 0 Å². The number of ether oxygens (including phenoxy) is 1. The predicted octanol–water partition coefficient (Wildman–Crippen LogP) is 2.75. The number of benzene rings is 1. The molecular formula is C14H18O3S. The number of Topliss-reactive ketones (excluding diaryl/α,β-unsaturated/α-hetero) is 1. The summed E-state index contributed by atoms with van der Waals surface area (Å²) < 4.78 is 4.72. The molecule has 18 heavy (non-hydrogen) atoms. The van der Waals surface area contributed by atoms with Crippen LogP contribution in [-0.4, -0.2) is 24.1 Å². The van der Waals surface area contributed by atoms with Gasteiger partial charge in [0.1, 0.15) is 6.42 Å².